The van der Waals surface area contributed by atoms with Crippen LogP contribution in [0.5, 0.6) is 0 Å². The van der Waals surface area contributed by atoms with E-state index in [1.54, 1.807) is 4.90 Å². The molecule has 0 aliphatic carbocycles. The van der Waals surface area contributed by atoms with E-state index < -0.39 is 5.60 Å². The Morgan fingerprint density at radius 1 is 1.42 bits per heavy atom. The van der Waals surface area contributed by atoms with Crippen molar-refractivity contribution in [1.29, 1.82) is 0 Å². The van der Waals surface area contributed by atoms with Crippen LogP contribution in [0.25, 0.3) is 0 Å². The number of amides is 2. The Morgan fingerprint density at radius 3 is 2.68 bits per heavy atom. The number of piperazine rings is 1. The van der Waals surface area contributed by atoms with Crippen LogP contribution in [0, 0.1) is 5.92 Å². The monoisotopic (exact) mass is 269 g/mol. The molecule has 108 valence electrons. The van der Waals surface area contributed by atoms with Crippen LogP contribution in [-0.4, -0.2) is 66.7 Å². The Hall–Kier alpha value is -1.30. The number of likely N-dealkylation sites (tertiary alicyclic amines) is 1. The third-order valence-electron chi connectivity index (χ3n) is 3.27. The van der Waals surface area contributed by atoms with Crippen molar-refractivity contribution in [3.63, 3.8) is 0 Å². The SMILES string of the molecule is CC(C)(C)OC(=O)N1CC(CN2CCNCC2=O)C1. The van der Waals surface area contributed by atoms with Crippen LogP contribution in [0.4, 0.5) is 4.79 Å². The van der Waals surface area contributed by atoms with E-state index in [-0.39, 0.29) is 12.0 Å². The molecule has 19 heavy (non-hydrogen) atoms. The molecule has 0 unspecified atom stereocenters. The summed E-state index contributed by atoms with van der Waals surface area (Å²) in [5.41, 5.74) is -0.448. The fourth-order valence-electron chi connectivity index (χ4n) is 2.31. The quantitative estimate of drug-likeness (QED) is 0.782. The molecule has 0 radical (unpaired) electrons. The van der Waals surface area contributed by atoms with Gasteiger partial charge in [0.15, 0.2) is 0 Å². The van der Waals surface area contributed by atoms with Crippen molar-refractivity contribution in [3.8, 4) is 0 Å². The minimum absolute atomic E-state index is 0.155. The van der Waals surface area contributed by atoms with E-state index in [1.807, 2.05) is 25.7 Å². The summed E-state index contributed by atoms with van der Waals surface area (Å²) in [7, 11) is 0. The molecule has 0 spiro atoms. The zero-order valence-corrected chi connectivity index (χ0v) is 11.9. The van der Waals surface area contributed by atoms with Gasteiger partial charge in [0.25, 0.3) is 0 Å². The average Bonchev–Trinajstić information content (AvgIpc) is 2.22. The van der Waals surface area contributed by atoms with E-state index in [4.69, 9.17) is 4.74 Å². The summed E-state index contributed by atoms with van der Waals surface area (Å²) in [6.07, 6.45) is -0.254. The first-order valence-corrected chi connectivity index (χ1v) is 6.81. The highest BCUT2D eigenvalue weighted by Gasteiger charge is 2.35. The third-order valence-corrected chi connectivity index (χ3v) is 3.27. The number of carbonyl (C=O) groups excluding carboxylic acids is 2. The van der Waals surface area contributed by atoms with Gasteiger partial charge in [0.2, 0.25) is 5.91 Å². The van der Waals surface area contributed by atoms with Crippen LogP contribution in [0.3, 0.4) is 0 Å². The summed E-state index contributed by atoms with van der Waals surface area (Å²) in [5, 5.41) is 3.05. The van der Waals surface area contributed by atoms with E-state index in [0.717, 1.165) is 19.6 Å². The van der Waals surface area contributed by atoms with Gasteiger partial charge >= 0.3 is 6.09 Å². The van der Waals surface area contributed by atoms with Crippen molar-refractivity contribution in [3.05, 3.63) is 0 Å². The van der Waals surface area contributed by atoms with Crippen molar-refractivity contribution in [1.82, 2.24) is 15.1 Å². The van der Waals surface area contributed by atoms with E-state index in [2.05, 4.69) is 5.32 Å². The van der Waals surface area contributed by atoms with Gasteiger partial charge < -0.3 is 19.9 Å². The molecule has 1 N–H and O–H groups in total. The number of hydrogen-bond donors (Lipinski definition) is 1. The van der Waals surface area contributed by atoms with Gasteiger partial charge in [-0.1, -0.05) is 0 Å². The van der Waals surface area contributed by atoms with Crippen molar-refractivity contribution in [2.75, 3.05) is 39.3 Å². The number of rotatable bonds is 2. The van der Waals surface area contributed by atoms with Crippen molar-refractivity contribution in [2.45, 2.75) is 26.4 Å². The lowest BCUT2D eigenvalue weighted by atomic mass is 10.00. The number of ether oxygens (including phenoxy) is 1. The zero-order valence-electron chi connectivity index (χ0n) is 11.9. The number of hydrogen-bond acceptors (Lipinski definition) is 4. The molecule has 2 heterocycles. The molecule has 2 fully saturated rings. The van der Waals surface area contributed by atoms with E-state index in [9.17, 15) is 9.59 Å². The zero-order chi connectivity index (χ0) is 14.0. The lowest BCUT2D eigenvalue weighted by molar-refractivity contribution is -0.133. The van der Waals surface area contributed by atoms with Gasteiger partial charge in [-0.2, -0.15) is 0 Å². The Labute approximate surface area is 114 Å². The van der Waals surface area contributed by atoms with Crippen LogP contribution in [0.1, 0.15) is 20.8 Å². The second-order valence-electron chi connectivity index (χ2n) is 6.27. The predicted octanol–water partition coefficient (Wildman–Crippen LogP) is 0.285. The van der Waals surface area contributed by atoms with E-state index in [0.29, 0.717) is 25.6 Å². The predicted molar refractivity (Wildman–Crippen MR) is 70.7 cm³/mol. The van der Waals surface area contributed by atoms with Gasteiger partial charge in [-0.3, -0.25) is 4.79 Å². The molecule has 6 heteroatoms. The van der Waals surface area contributed by atoms with Crippen LogP contribution < -0.4 is 5.32 Å². The third kappa shape index (κ3) is 3.83. The van der Waals surface area contributed by atoms with Gasteiger partial charge in [0.1, 0.15) is 5.60 Å². The van der Waals surface area contributed by atoms with E-state index >= 15 is 0 Å². The second-order valence-corrected chi connectivity index (χ2v) is 6.27. The largest absolute Gasteiger partial charge is 0.444 e. The first-order chi connectivity index (χ1) is 8.85. The Bertz CT molecular complexity index is 359. The molecule has 0 aromatic heterocycles. The highest BCUT2D eigenvalue weighted by Crippen LogP contribution is 2.20. The lowest BCUT2D eigenvalue weighted by Gasteiger charge is -2.42. The van der Waals surface area contributed by atoms with Gasteiger partial charge in [-0.25, -0.2) is 4.79 Å². The van der Waals surface area contributed by atoms with Gasteiger partial charge in [-0.05, 0) is 20.8 Å². The summed E-state index contributed by atoms with van der Waals surface area (Å²) in [4.78, 5) is 27.0. The van der Waals surface area contributed by atoms with Crippen LogP contribution >= 0.6 is 0 Å². The minimum Gasteiger partial charge on any atom is -0.444 e. The summed E-state index contributed by atoms with van der Waals surface area (Å²) < 4.78 is 5.30. The summed E-state index contributed by atoms with van der Waals surface area (Å²) in [6, 6.07) is 0. The molecule has 0 aromatic carbocycles. The molecule has 0 aromatic rings. The molecular weight excluding hydrogens is 246 g/mol. The highest BCUT2D eigenvalue weighted by atomic mass is 16.6. The van der Waals surface area contributed by atoms with E-state index in [1.165, 1.54) is 0 Å². The molecule has 0 saturated carbocycles. The maximum atomic E-state index is 11.8. The standard InChI is InChI=1S/C13H23N3O3/c1-13(2,3)19-12(18)16-8-10(9-16)7-15-5-4-14-6-11(15)17/h10,14H,4-9H2,1-3H3. The Morgan fingerprint density at radius 2 is 2.11 bits per heavy atom. The summed E-state index contributed by atoms with van der Waals surface area (Å²) >= 11 is 0. The topological polar surface area (TPSA) is 61.9 Å². The molecule has 2 saturated heterocycles. The van der Waals surface area contributed by atoms with Crippen LogP contribution in [0.15, 0.2) is 0 Å². The van der Waals surface area contributed by atoms with Crippen molar-refractivity contribution < 1.29 is 14.3 Å². The Kier molecular flexibility index (Phi) is 3.99. The fraction of sp³-hybridized carbons (Fsp3) is 0.846. The number of nitrogens with zero attached hydrogens (tertiary/aromatic N) is 2. The summed E-state index contributed by atoms with van der Waals surface area (Å²) in [6.45, 7) is 9.77. The molecule has 2 rings (SSSR count). The Balaban J connectivity index is 1.71. The highest BCUT2D eigenvalue weighted by molar-refractivity contribution is 5.79. The minimum atomic E-state index is -0.448. The average molecular weight is 269 g/mol. The molecule has 2 amide bonds. The van der Waals surface area contributed by atoms with Crippen molar-refractivity contribution >= 4 is 12.0 Å². The summed E-state index contributed by atoms with van der Waals surface area (Å²) in [5.74, 6) is 0.538. The van der Waals surface area contributed by atoms with Gasteiger partial charge in [0, 0.05) is 38.6 Å². The van der Waals surface area contributed by atoms with Crippen LogP contribution in [0.2, 0.25) is 0 Å². The fourth-order valence-corrected chi connectivity index (χ4v) is 2.31. The number of carbonyl (C=O) groups is 2. The van der Waals surface area contributed by atoms with Crippen molar-refractivity contribution in [2.24, 2.45) is 5.92 Å². The maximum Gasteiger partial charge on any atom is 0.410 e. The molecule has 0 atom stereocenters. The molecule has 2 aliphatic heterocycles. The first kappa shape index (κ1) is 14.1. The smallest absolute Gasteiger partial charge is 0.410 e. The van der Waals surface area contributed by atoms with Crippen LogP contribution in [-0.2, 0) is 9.53 Å². The molecule has 2 aliphatic rings. The molecule has 6 nitrogen and oxygen atoms in total. The lowest BCUT2D eigenvalue weighted by Crippen LogP contribution is -2.57. The second kappa shape index (κ2) is 5.36. The molecule has 0 bridgehead atoms. The molecular formula is C13H23N3O3. The number of nitrogens with one attached hydrogen (secondary N) is 1. The first-order valence-electron chi connectivity index (χ1n) is 6.81. The van der Waals surface area contributed by atoms with Gasteiger partial charge in [0.05, 0.1) is 6.54 Å². The normalized spacial score (nSPS) is 21.3. The van der Waals surface area contributed by atoms with Gasteiger partial charge in [-0.15, -0.1) is 0 Å². The maximum absolute atomic E-state index is 11.8.